The van der Waals surface area contributed by atoms with Gasteiger partial charge in [0.15, 0.2) is 0 Å². The van der Waals surface area contributed by atoms with Crippen LogP contribution in [0.5, 0.6) is 0 Å². The van der Waals surface area contributed by atoms with E-state index in [9.17, 15) is 4.79 Å². The number of aryl methyl sites for hydroxylation is 1. The quantitative estimate of drug-likeness (QED) is 0.723. The summed E-state index contributed by atoms with van der Waals surface area (Å²) in [6.07, 6.45) is 0.530. The summed E-state index contributed by atoms with van der Waals surface area (Å²) < 4.78 is 2.17. The number of hydrogen-bond donors (Lipinski definition) is 0. The molecule has 5 nitrogen and oxygen atoms in total. The highest BCUT2D eigenvalue weighted by molar-refractivity contribution is 7.10. The Morgan fingerprint density at radius 2 is 1.92 bits per heavy atom. The number of hydrogen-bond acceptors (Lipinski definition) is 4. The fourth-order valence-electron chi connectivity index (χ4n) is 3.37. The first-order valence-electron chi connectivity index (χ1n) is 8.63. The number of carbonyl (C=O) groups is 1. The molecule has 0 N–H and O–H groups in total. The molecule has 1 aliphatic heterocycles. The molecule has 4 rings (SSSR count). The van der Waals surface area contributed by atoms with Crippen LogP contribution in [0.25, 0.3) is 11.0 Å². The van der Waals surface area contributed by atoms with Gasteiger partial charge in [0.25, 0.3) is 0 Å². The Bertz CT molecular complexity index is 863. The Kier molecular flexibility index (Phi) is 4.55. The zero-order valence-corrected chi connectivity index (χ0v) is 15.2. The topological polar surface area (TPSA) is 41.4 Å². The van der Waals surface area contributed by atoms with Gasteiger partial charge >= 0.3 is 0 Å². The van der Waals surface area contributed by atoms with E-state index in [0.717, 1.165) is 48.9 Å². The predicted molar refractivity (Wildman–Crippen MR) is 101 cm³/mol. The molecule has 0 unspecified atom stereocenters. The lowest BCUT2D eigenvalue weighted by Crippen LogP contribution is -2.48. The summed E-state index contributed by atoms with van der Waals surface area (Å²) in [5.41, 5.74) is 2.21. The molecule has 0 radical (unpaired) electrons. The van der Waals surface area contributed by atoms with Crippen LogP contribution in [0.1, 0.15) is 10.7 Å². The second-order valence-corrected chi connectivity index (χ2v) is 7.52. The van der Waals surface area contributed by atoms with Gasteiger partial charge in [-0.15, -0.1) is 11.3 Å². The number of para-hydroxylation sites is 2. The zero-order chi connectivity index (χ0) is 17.2. The highest BCUT2D eigenvalue weighted by atomic mass is 32.1. The third-order valence-electron chi connectivity index (χ3n) is 4.88. The predicted octanol–water partition coefficient (Wildman–Crippen LogP) is 2.52. The lowest BCUT2D eigenvalue weighted by Gasteiger charge is -2.34. The lowest BCUT2D eigenvalue weighted by molar-refractivity contribution is -0.132. The SMILES string of the molecule is Cn1c(CN2CCN(C(=O)Cc3cccs3)CC2)nc2ccccc21. The van der Waals surface area contributed by atoms with Crippen LogP contribution in [-0.4, -0.2) is 51.4 Å². The van der Waals surface area contributed by atoms with Crippen LogP contribution in [0.2, 0.25) is 0 Å². The molecule has 6 heteroatoms. The van der Waals surface area contributed by atoms with Crippen LogP contribution in [-0.2, 0) is 24.8 Å². The summed E-state index contributed by atoms with van der Waals surface area (Å²) in [7, 11) is 2.07. The average molecular weight is 354 g/mol. The van der Waals surface area contributed by atoms with Crippen molar-refractivity contribution in [2.75, 3.05) is 26.2 Å². The fraction of sp³-hybridized carbons (Fsp3) is 0.368. The molecule has 1 aliphatic rings. The van der Waals surface area contributed by atoms with Gasteiger partial charge in [-0.2, -0.15) is 0 Å². The van der Waals surface area contributed by atoms with Gasteiger partial charge in [0.2, 0.25) is 5.91 Å². The van der Waals surface area contributed by atoms with E-state index in [1.807, 2.05) is 34.5 Å². The van der Waals surface area contributed by atoms with Gasteiger partial charge in [0, 0.05) is 38.1 Å². The Labute approximate surface area is 151 Å². The smallest absolute Gasteiger partial charge is 0.227 e. The minimum absolute atomic E-state index is 0.241. The molecule has 3 heterocycles. The number of benzene rings is 1. The molecule has 3 aromatic rings. The number of rotatable bonds is 4. The van der Waals surface area contributed by atoms with E-state index < -0.39 is 0 Å². The highest BCUT2D eigenvalue weighted by Crippen LogP contribution is 2.17. The number of imidazole rings is 1. The third kappa shape index (κ3) is 3.45. The van der Waals surface area contributed by atoms with Crippen molar-refractivity contribution >= 4 is 28.3 Å². The summed E-state index contributed by atoms with van der Waals surface area (Å²) in [4.78, 5) is 22.7. The molecule has 1 fully saturated rings. The van der Waals surface area contributed by atoms with Crippen LogP contribution in [0.4, 0.5) is 0 Å². The Hall–Kier alpha value is -2.18. The monoisotopic (exact) mass is 354 g/mol. The van der Waals surface area contributed by atoms with Gasteiger partial charge in [-0.3, -0.25) is 9.69 Å². The summed E-state index contributed by atoms with van der Waals surface area (Å²) in [5.74, 6) is 1.32. The van der Waals surface area contributed by atoms with Crippen molar-refractivity contribution in [2.45, 2.75) is 13.0 Å². The van der Waals surface area contributed by atoms with Crippen LogP contribution in [0, 0.1) is 0 Å². The number of amides is 1. The minimum atomic E-state index is 0.241. The van der Waals surface area contributed by atoms with Gasteiger partial charge in [-0.1, -0.05) is 18.2 Å². The average Bonchev–Trinajstić information content (AvgIpc) is 3.24. The summed E-state index contributed by atoms with van der Waals surface area (Å²) in [6.45, 7) is 4.24. The molecule has 0 atom stereocenters. The van der Waals surface area contributed by atoms with E-state index in [2.05, 4.69) is 28.6 Å². The van der Waals surface area contributed by atoms with E-state index in [-0.39, 0.29) is 5.91 Å². The number of fused-ring (bicyclic) bond motifs is 1. The summed E-state index contributed by atoms with van der Waals surface area (Å²) in [6, 6.07) is 12.3. The van der Waals surface area contributed by atoms with Gasteiger partial charge in [0.1, 0.15) is 5.82 Å². The Balaban J connectivity index is 1.35. The number of thiophene rings is 1. The minimum Gasteiger partial charge on any atom is -0.340 e. The van der Waals surface area contributed by atoms with E-state index in [0.29, 0.717) is 6.42 Å². The number of nitrogens with zero attached hydrogens (tertiary/aromatic N) is 4. The first kappa shape index (κ1) is 16.3. The van der Waals surface area contributed by atoms with Crippen molar-refractivity contribution in [2.24, 2.45) is 7.05 Å². The molecule has 0 saturated carbocycles. The van der Waals surface area contributed by atoms with Crippen molar-refractivity contribution in [3.05, 3.63) is 52.5 Å². The number of piperazine rings is 1. The first-order chi connectivity index (χ1) is 12.2. The molecular formula is C19H22N4OS. The highest BCUT2D eigenvalue weighted by Gasteiger charge is 2.22. The first-order valence-corrected chi connectivity index (χ1v) is 9.51. The summed E-state index contributed by atoms with van der Waals surface area (Å²) in [5, 5.41) is 2.03. The molecule has 1 amide bonds. The van der Waals surface area contributed by atoms with Crippen LogP contribution < -0.4 is 0 Å². The van der Waals surface area contributed by atoms with Gasteiger partial charge in [-0.25, -0.2) is 4.98 Å². The zero-order valence-electron chi connectivity index (χ0n) is 14.4. The third-order valence-corrected chi connectivity index (χ3v) is 5.75. The van der Waals surface area contributed by atoms with Crippen molar-refractivity contribution in [1.82, 2.24) is 19.4 Å². The second kappa shape index (κ2) is 6.98. The molecule has 0 aliphatic carbocycles. The van der Waals surface area contributed by atoms with Gasteiger partial charge in [-0.05, 0) is 23.6 Å². The molecule has 0 bridgehead atoms. The maximum absolute atomic E-state index is 12.4. The number of aromatic nitrogens is 2. The van der Waals surface area contributed by atoms with Crippen molar-refractivity contribution in [3.63, 3.8) is 0 Å². The summed E-state index contributed by atoms with van der Waals surface area (Å²) >= 11 is 1.65. The van der Waals surface area contributed by atoms with Crippen molar-refractivity contribution < 1.29 is 4.79 Å². The maximum Gasteiger partial charge on any atom is 0.227 e. The van der Waals surface area contributed by atoms with Gasteiger partial charge < -0.3 is 9.47 Å². The van der Waals surface area contributed by atoms with Crippen LogP contribution in [0.15, 0.2) is 41.8 Å². The molecule has 130 valence electrons. The van der Waals surface area contributed by atoms with E-state index in [1.165, 1.54) is 5.52 Å². The molecular weight excluding hydrogens is 332 g/mol. The molecule has 1 saturated heterocycles. The standard InChI is InChI=1S/C19H22N4OS/c1-21-17-7-3-2-6-16(17)20-18(21)14-22-8-10-23(11-9-22)19(24)13-15-5-4-12-25-15/h2-7,12H,8-11,13-14H2,1H3. The maximum atomic E-state index is 12.4. The molecule has 0 spiro atoms. The Morgan fingerprint density at radius 3 is 2.64 bits per heavy atom. The molecule has 2 aromatic heterocycles. The number of carbonyl (C=O) groups excluding carboxylic acids is 1. The Morgan fingerprint density at radius 1 is 1.12 bits per heavy atom. The molecule has 25 heavy (non-hydrogen) atoms. The van der Waals surface area contributed by atoms with E-state index in [4.69, 9.17) is 4.98 Å². The van der Waals surface area contributed by atoms with Crippen LogP contribution in [0.3, 0.4) is 0 Å². The van der Waals surface area contributed by atoms with Crippen LogP contribution >= 0.6 is 11.3 Å². The normalized spacial score (nSPS) is 15.8. The van der Waals surface area contributed by atoms with E-state index >= 15 is 0 Å². The lowest BCUT2D eigenvalue weighted by atomic mass is 10.2. The van der Waals surface area contributed by atoms with E-state index in [1.54, 1.807) is 11.3 Å². The fourth-order valence-corrected chi connectivity index (χ4v) is 4.06. The second-order valence-electron chi connectivity index (χ2n) is 6.49. The van der Waals surface area contributed by atoms with Crippen molar-refractivity contribution in [1.29, 1.82) is 0 Å². The largest absolute Gasteiger partial charge is 0.340 e. The van der Waals surface area contributed by atoms with Crippen molar-refractivity contribution in [3.8, 4) is 0 Å². The molecule has 1 aromatic carbocycles. The van der Waals surface area contributed by atoms with Gasteiger partial charge in [0.05, 0.1) is 24.0 Å².